The number of hydrogen-bond acceptors (Lipinski definition) is 2. The summed E-state index contributed by atoms with van der Waals surface area (Å²) in [6.45, 7) is 11.4. The molecule has 0 N–H and O–H groups in total. The summed E-state index contributed by atoms with van der Waals surface area (Å²) in [5.74, 6) is 0.815. The first-order chi connectivity index (χ1) is 7.22. The number of ether oxygens (including phenoxy) is 1. The minimum absolute atomic E-state index is 0.542. The third-order valence-corrected chi connectivity index (χ3v) is 3.26. The number of piperidine rings is 1. The van der Waals surface area contributed by atoms with E-state index in [0.29, 0.717) is 6.10 Å². The zero-order valence-corrected chi connectivity index (χ0v) is 10.7. The van der Waals surface area contributed by atoms with Crippen LogP contribution in [0.4, 0.5) is 0 Å². The number of likely N-dealkylation sites (tertiary alicyclic amines) is 1. The molecule has 15 heavy (non-hydrogen) atoms. The van der Waals surface area contributed by atoms with Crippen LogP contribution in [0.15, 0.2) is 0 Å². The highest BCUT2D eigenvalue weighted by atomic mass is 16.5. The van der Waals surface area contributed by atoms with E-state index in [1.54, 1.807) is 0 Å². The Labute approximate surface area is 95.0 Å². The van der Waals surface area contributed by atoms with Gasteiger partial charge in [-0.3, -0.25) is 0 Å². The first-order valence-corrected chi connectivity index (χ1v) is 6.56. The van der Waals surface area contributed by atoms with Crippen LogP contribution in [0.3, 0.4) is 0 Å². The van der Waals surface area contributed by atoms with Crippen molar-refractivity contribution in [3.05, 3.63) is 0 Å². The van der Waals surface area contributed by atoms with Crippen LogP contribution in [0.5, 0.6) is 0 Å². The van der Waals surface area contributed by atoms with Crippen LogP contribution < -0.4 is 0 Å². The highest BCUT2D eigenvalue weighted by Crippen LogP contribution is 2.14. The lowest BCUT2D eigenvalue weighted by atomic mass is 10.1. The molecular formula is C13H27NO. The van der Waals surface area contributed by atoms with E-state index in [1.165, 1.54) is 45.3 Å². The molecule has 0 unspecified atom stereocenters. The molecule has 2 nitrogen and oxygen atoms in total. The summed E-state index contributed by atoms with van der Waals surface area (Å²) in [4.78, 5) is 2.51. The summed E-state index contributed by atoms with van der Waals surface area (Å²) in [6, 6.07) is 0. The van der Waals surface area contributed by atoms with E-state index in [2.05, 4.69) is 25.7 Å². The first-order valence-electron chi connectivity index (χ1n) is 6.56. The van der Waals surface area contributed by atoms with Gasteiger partial charge >= 0.3 is 0 Å². The monoisotopic (exact) mass is 213 g/mol. The van der Waals surface area contributed by atoms with Crippen molar-refractivity contribution in [2.75, 3.05) is 26.2 Å². The maximum Gasteiger partial charge on any atom is 0.0599 e. The maximum atomic E-state index is 5.90. The van der Waals surface area contributed by atoms with E-state index in [0.717, 1.165) is 12.5 Å². The fraction of sp³-hybridized carbons (Fsp3) is 1.00. The smallest absolute Gasteiger partial charge is 0.0599 e. The molecule has 0 radical (unpaired) electrons. The van der Waals surface area contributed by atoms with Crippen molar-refractivity contribution >= 4 is 0 Å². The van der Waals surface area contributed by atoms with Crippen molar-refractivity contribution < 1.29 is 4.74 Å². The lowest BCUT2D eigenvalue weighted by molar-refractivity contribution is 0.00623. The van der Waals surface area contributed by atoms with Gasteiger partial charge in [0.05, 0.1) is 6.10 Å². The summed E-state index contributed by atoms with van der Waals surface area (Å²) in [5.41, 5.74) is 0. The molecule has 2 heteroatoms. The van der Waals surface area contributed by atoms with Crippen molar-refractivity contribution in [3.63, 3.8) is 0 Å². The summed E-state index contributed by atoms with van der Waals surface area (Å²) in [5, 5.41) is 0. The van der Waals surface area contributed by atoms with Crippen molar-refractivity contribution in [1.82, 2.24) is 4.90 Å². The average Bonchev–Trinajstić information content (AvgIpc) is 2.25. The van der Waals surface area contributed by atoms with Gasteiger partial charge in [-0.2, -0.15) is 0 Å². The van der Waals surface area contributed by atoms with Crippen LogP contribution in [0.2, 0.25) is 0 Å². The second kappa shape index (κ2) is 7.24. The normalized spacial score (nSPS) is 20.0. The molecule has 0 saturated carbocycles. The van der Waals surface area contributed by atoms with E-state index >= 15 is 0 Å². The predicted octanol–water partition coefficient (Wildman–Crippen LogP) is 2.92. The maximum absolute atomic E-state index is 5.90. The SMILES string of the molecule is CCN1CCC(OCCCC(C)C)CC1. The molecular weight excluding hydrogens is 186 g/mol. The van der Waals surface area contributed by atoms with E-state index < -0.39 is 0 Å². The highest BCUT2D eigenvalue weighted by molar-refractivity contribution is 4.71. The lowest BCUT2D eigenvalue weighted by Crippen LogP contribution is -2.36. The first kappa shape index (κ1) is 13.0. The van der Waals surface area contributed by atoms with Gasteiger partial charge in [0.2, 0.25) is 0 Å². The topological polar surface area (TPSA) is 12.5 Å². The Kier molecular flexibility index (Phi) is 6.26. The van der Waals surface area contributed by atoms with Crippen LogP contribution in [-0.4, -0.2) is 37.2 Å². The Morgan fingerprint density at radius 2 is 1.93 bits per heavy atom. The second-order valence-electron chi connectivity index (χ2n) is 5.04. The largest absolute Gasteiger partial charge is 0.378 e. The Morgan fingerprint density at radius 3 is 2.47 bits per heavy atom. The minimum Gasteiger partial charge on any atom is -0.378 e. The van der Waals surface area contributed by atoms with Crippen LogP contribution in [0.1, 0.15) is 46.5 Å². The van der Waals surface area contributed by atoms with Gasteiger partial charge < -0.3 is 9.64 Å². The molecule has 0 aliphatic carbocycles. The Bertz CT molecular complexity index is 151. The third-order valence-electron chi connectivity index (χ3n) is 3.26. The summed E-state index contributed by atoms with van der Waals surface area (Å²) < 4.78 is 5.90. The van der Waals surface area contributed by atoms with Crippen molar-refractivity contribution in [1.29, 1.82) is 0 Å². The minimum atomic E-state index is 0.542. The van der Waals surface area contributed by atoms with Gasteiger partial charge in [0, 0.05) is 19.7 Å². The number of nitrogens with zero attached hydrogens (tertiary/aromatic N) is 1. The van der Waals surface area contributed by atoms with Crippen molar-refractivity contribution in [2.45, 2.75) is 52.6 Å². The Balaban J connectivity index is 1.99. The van der Waals surface area contributed by atoms with Crippen LogP contribution in [0, 0.1) is 5.92 Å². The molecule has 0 bridgehead atoms. The molecule has 1 aliphatic rings. The van der Waals surface area contributed by atoms with Gasteiger partial charge in [-0.25, -0.2) is 0 Å². The van der Waals surface area contributed by atoms with E-state index in [1.807, 2.05) is 0 Å². The number of rotatable bonds is 6. The summed E-state index contributed by atoms with van der Waals surface area (Å²) in [7, 11) is 0. The predicted molar refractivity (Wildman–Crippen MR) is 65.2 cm³/mol. The van der Waals surface area contributed by atoms with E-state index in [4.69, 9.17) is 4.74 Å². The fourth-order valence-corrected chi connectivity index (χ4v) is 2.13. The molecule has 0 atom stereocenters. The van der Waals surface area contributed by atoms with Crippen LogP contribution in [-0.2, 0) is 4.74 Å². The zero-order valence-electron chi connectivity index (χ0n) is 10.7. The van der Waals surface area contributed by atoms with Gasteiger partial charge in [0.15, 0.2) is 0 Å². The molecule has 1 fully saturated rings. The van der Waals surface area contributed by atoms with Gasteiger partial charge in [-0.15, -0.1) is 0 Å². The Hall–Kier alpha value is -0.0800. The molecule has 1 rings (SSSR count). The van der Waals surface area contributed by atoms with Crippen LogP contribution >= 0.6 is 0 Å². The zero-order chi connectivity index (χ0) is 11.1. The molecule has 0 aromatic carbocycles. The second-order valence-corrected chi connectivity index (χ2v) is 5.04. The average molecular weight is 213 g/mol. The molecule has 0 aromatic heterocycles. The third kappa shape index (κ3) is 5.53. The molecule has 0 spiro atoms. The molecule has 0 aromatic rings. The van der Waals surface area contributed by atoms with Gasteiger partial charge in [0.1, 0.15) is 0 Å². The summed E-state index contributed by atoms with van der Waals surface area (Å²) in [6.07, 6.45) is 5.53. The quantitative estimate of drug-likeness (QED) is 0.629. The Morgan fingerprint density at radius 1 is 1.27 bits per heavy atom. The van der Waals surface area contributed by atoms with Gasteiger partial charge in [-0.1, -0.05) is 20.8 Å². The lowest BCUT2D eigenvalue weighted by Gasteiger charge is -2.30. The molecule has 1 aliphatic heterocycles. The van der Waals surface area contributed by atoms with Gasteiger partial charge in [0.25, 0.3) is 0 Å². The van der Waals surface area contributed by atoms with Crippen molar-refractivity contribution in [3.8, 4) is 0 Å². The number of hydrogen-bond donors (Lipinski definition) is 0. The summed E-state index contributed by atoms with van der Waals surface area (Å²) >= 11 is 0. The highest BCUT2D eigenvalue weighted by Gasteiger charge is 2.17. The van der Waals surface area contributed by atoms with E-state index in [-0.39, 0.29) is 0 Å². The molecule has 1 saturated heterocycles. The van der Waals surface area contributed by atoms with E-state index in [9.17, 15) is 0 Å². The molecule has 90 valence electrons. The molecule has 1 heterocycles. The standard InChI is InChI=1S/C13H27NO/c1-4-14-9-7-13(8-10-14)15-11-5-6-12(2)3/h12-13H,4-11H2,1-3H3. The molecule has 0 amide bonds. The van der Waals surface area contributed by atoms with Crippen LogP contribution in [0.25, 0.3) is 0 Å². The van der Waals surface area contributed by atoms with Gasteiger partial charge in [-0.05, 0) is 38.1 Å². The van der Waals surface area contributed by atoms with Crippen molar-refractivity contribution in [2.24, 2.45) is 5.92 Å². The fourth-order valence-electron chi connectivity index (χ4n) is 2.13.